The smallest absolute Gasteiger partial charge is 0.264 e. The third kappa shape index (κ3) is 9.00. The molecule has 4 rings (SSSR count). The summed E-state index contributed by atoms with van der Waals surface area (Å²) in [5.41, 5.74) is 5.29. The average Bonchev–Trinajstić information content (AvgIpc) is 3.00. The summed E-state index contributed by atoms with van der Waals surface area (Å²) >= 11 is 3.36. The summed E-state index contributed by atoms with van der Waals surface area (Å²) in [5.74, 6) is -0.372. The fourth-order valence-electron chi connectivity index (χ4n) is 4.04. The van der Waals surface area contributed by atoms with Gasteiger partial charge in [0.05, 0.1) is 22.8 Å². The van der Waals surface area contributed by atoms with E-state index in [1.54, 1.807) is 60.7 Å². The van der Waals surface area contributed by atoms with Crippen LogP contribution in [-0.2, 0) is 19.6 Å². The van der Waals surface area contributed by atoms with Gasteiger partial charge in [-0.25, -0.2) is 13.8 Å². The van der Waals surface area contributed by atoms with E-state index in [2.05, 4.69) is 31.8 Å². The van der Waals surface area contributed by atoms with E-state index in [-0.39, 0.29) is 23.5 Å². The molecule has 0 radical (unpaired) electrons. The first-order valence-corrected chi connectivity index (χ1v) is 15.6. The van der Waals surface area contributed by atoms with E-state index in [1.165, 1.54) is 18.3 Å². The third-order valence-electron chi connectivity index (χ3n) is 6.32. The van der Waals surface area contributed by atoms with Crippen molar-refractivity contribution < 1.29 is 22.7 Å². The van der Waals surface area contributed by atoms with Crippen LogP contribution in [0.1, 0.15) is 29.7 Å². The van der Waals surface area contributed by atoms with E-state index < -0.39 is 22.5 Å². The Balaban J connectivity index is 1.33. The second kappa shape index (κ2) is 14.6. The van der Waals surface area contributed by atoms with Gasteiger partial charge in [-0.2, -0.15) is 5.10 Å². The SMILES string of the molecule is Cc1ccc(S(=O)(=O)N(CC(=O)N/N=C\c2ccc(OCC(=O)N[C@H](C)c3ccccc3)cc2)c2cccc(Br)c2)cc1. The number of carbonyl (C=O) groups is 2. The van der Waals surface area contributed by atoms with Crippen LogP contribution in [0, 0.1) is 6.92 Å². The number of ether oxygens (including phenoxy) is 1. The van der Waals surface area contributed by atoms with Crippen LogP contribution in [-0.4, -0.2) is 39.6 Å². The fourth-order valence-corrected chi connectivity index (χ4v) is 5.84. The molecular formula is C32H31BrN4O5S. The minimum Gasteiger partial charge on any atom is -0.484 e. The van der Waals surface area contributed by atoms with Gasteiger partial charge in [-0.15, -0.1) is 0 Å². The Hall–Kier alpha value is -4.48. The van der Waals surface area contributed by atoms with Crippen LogP contribution < -0.4 is 19.8 Å². The fraction of sp³-hybridized carbons (Fsp3) is 0.156. The monoisotopic (exact) mass is 662 g/mol. The van der Waals surface area contributed by atoms with Gasteiger partial charge in [0.25, 0.3) is 21.8 Å². The molecule has 4 aromatic rings. The Morgan fingerprint density at radius 1 is 0.930 bits per heavy atom. The van der Waals surface area contributed by atoms with Crippen LogP contribution >= 0.6 is 15.9 Å². The van der Waals surface area contributed by atoms with E-state index >= 15 is 0 Å². The van der Waals surface area contributed by atoms with Gasteiger partial charge in [0, 0.05) is 4.47 Å². The lowest BCUT2D eigenvalue weighted by Crippen LogP contribution is -2.39. The molecule has 0 unspecified atom stereocenters. The lowest BCUT2D eigenvalue weighted by molar-refractivity contribution is -0.123. The zero-order valence-corrected chi connectivity index (χ0v) is 26.0. The number of rotatable bonds is 12. The summed E-state index contributed by atoms with van der Waals surface area (Å²) in [5, 5.41) is 6.87. The third-order valence-corrected chi connectivity index (χ3v) is 8.60. The van der Waals surface area contributed by atoms with Crippen LogP contribution in [0.25, 0.3) is 0 Å². The van der Waals surface area contributed by atoms with E-state index in [9.17, 15) is 18.0 Å². The largest absolute Gasteiger partial charge is 0.484 e. The number of hydrazone groups is 1. The normalized spacial score (nSPS) is 12.0. The maximum atomic E-state index is 13.5. The summed E-state index contributed by atoms with van der Waals surface area (Å²) in [6.45, 7) is 3.14. The second-order valence-corrected chi connectivity index (χ2v) is 12.4. The number of aryl methyl sites for hydroxylation is 1. The number of sulfonamides is 1. The highest BCUT2D eigenvalue weighted by molar-refractivity contribution is 9.10. The van der Waals surface area contributed by atoms with Crippen molar-refractivity contribution in [1.29, 1.82) is 0 Å². The maximum Gasteiger partial charge on any atom is 0.264 e. The predicted molar refractivity (Wildman–Crippen MR) is 171 cm³/mol. The number of carbonyl (C=O) groups excluding carboxylic acids is 2. The van der Waals surface area contributed by atoms with Crippen LogP contribution in [0.15, 0.2) is 118 Å². The zero-order valence-electron chi connectivity index (χ0n) is 23.6. The number of hydrogen-bond acceptors (Lipinski definition) is 6. The lowest BCUT2D eigenvalue weighted by atomic mass is 10.1. The zero-order chi connectivity index (χ0) is 30.8. The topological polar surface area (TPSA) is 117 Å². The van der Waals surface area contributed by atoms with Crippen molar-refractivity contribution in [2.75, 3.05) is 17.5 Å². The number of amides is 2. The summed E-state index contributed by atoms with van der Waals surface area (Å²) < 4.78 is 34.3. The van der Waals surface area contributed by atoms with Gasteiger partial charge in [-0.05, 0) is 79.6 Å². The quantitative estimate of drug-likeness (QED) is 0.156. The van der Waals surface area contributed by atoms with Crippen LogP contribution in [0.2, 0.25) is 0 Å². The minimum atomic E-state index is -4.04. The van der Waals surface area contributed by atoms with Gasteiger partial charge in [0.15, 0.2) is 6.61 Å². The molecule has 11 heteroatoms. The molecule has 43 heavy (non-hydrogen) atoms. The van der Waals surface area contributed by atoms with Crippen molar-refractivity contribution in [2.24, 2.45) is 5.10 Å². The summed E-state index contributed by atoms with van der Waals surface area (Å²) in [6.07, 6.45) is 1.42. The molecule has 0 spiro atoms. The number of anilines is 1. The van der Waals surface area contributed by atoms with Gasteiger partial charge < -0.3 is 10.1 Å². The van der Waals surface area contributed by atoms with Crippen molar-refractivity contribution >= 4 is 49.7 Å². The van der Waals surface area contributed by atoms with Gasteiger partial charge in [-0.3, -0.25) is 13.9 Å². The Morgan fingerprint density at radius 2 is 1.63 bits per heavy atom. The van der Waals surface area contributed by atoms with Crippen molar-refractivity contribution in [2.45, 2.75) is 24.8 Å². The summed E-state index contributed by atoms with van der Waals surface area (Å²) in [7, 11) is -4.04. The molecule has 0 aliphatic rings. The van der Waals surface area contributed by atoms with E-state index in [4.69, 9.17) is 4.74 Å². The molecule has 4 aromatic carbocycles. The maximum absolute atomic E-state index is 13.5. The number of hydrogen-bond donors (Lipinski definition) is 2. The Kier molecular flexibility index (Phi) is 10.7. The molecule has 2 N–H and O–H groups in total. The highest BCUT2D eigenvalue weighted by Gasteiger charge is 2.27. The highest BCUT2D eigenvalue weighted by Crippen LogP contribution is 2.26. The molecule has 0 bridgehead atoms. The van der Waals surface area contributed by atoms with E-state index in [0.29, 0.717) is 21.5 Å². The van der Waals surface area contributed by atoms with Gasteiger partial charge in [0.2, 0.25) is 0 Å². The molecule has 9 nitrogen and oxygen atoms in total. The molecular weight excluding hydrogens is 632 g/mol. The first kappa shape index (κ1) is 31.5. The number of halogens is 1. The van der Waals surface area contributed by atoms with Crippen molar-refractivity contribution in [3.63, 3.8) is 0 Å². The molecule has 2 amide bonds. The second-order valence-electron chi connectivity index (χ2n) is 9.66. The highest BCUT2D eigenvalue weighted by atomic mass is 79.9. The van der Waals surface area contributed by atoms with Crippen molar-refractivity contribution in [1.82, 2.24) is 10.7 Å². The predicted octanol–water partition coefficient (Wildman–Crippen LogP) is 5.36. The molecule has 0 aliphatic carbocycles. The molecule has 0 aromatic heterocycles. The van der Waals surface area contributed by atoms with E-state index in [0.717, 1.165) is 15.4 Å². The van der Waals surface area contributed by atoms with Gasteiger partial charge in [0.1, 0.15) is 12.3 Å². The van der Waals surface area contributed by atoms with Crippen molar-refractivity contribution in [3.05, 3.63) is 124 Å². The molecule has 0 saturated heterocycles. The minimum absolute atomic E-state index is 0.0693. The van der Waals surface area contributed by atoms with Crippen molar-refractivity contribution in [3.8, 4) is 5.75 Å². The van der Waals surface area contributed by atoms with E-state index in [1.807, 2.05) is 44.2 Å². The number of nitrogens with zero attached hydrogens (tertiary/aromatic N) is 2. The van der Waals surface area contributed by atoms with Crippen LogP contribution in [0.4, 0.5) is 5.69 Å². The number of benzene rings is 4. The Bertz CT molecular complexity index is 1680. The van der Waals surface area contributed by atoms with Gasteiger partial charge >= 0.3 is 0 Å². The molecule has 222 valence electrons. The first-order valence-electron chi connectivity index (χ1n) is 13.4. The summed E-state index contributed by atoms with van der Waals surface area (Å²) in [4.78, 5) is 25.1. The Morgan fingerprint density at radius 3 is 2.30 bits per heavy atom. The molecule has 1 atom stereocenters. The van der Waals surface area contributed by atoms with Crippen LogP contribution in [0.3, 0.4) is 0 Å². The summed E-state index contributed by atoms with van der Waals surface area (Å²) in [6, 6.07) is 29.4. The average molecular weight is 664 g/mol. The van der Waals surface area contributed by atoms with Crippen LogP contribution in [0.5, 0.6) is 5.75 Å². The number of nitrogens with one attached hydrogen (secondary N) is 2. The lowest BCUT2D eigenvalue weighted by Gasteiger charge is -2.24. The first-order chi connectivity index (χ1) is 20.6. The molecule has 0 aliphatic heterocycles. The standard InChI is InChI=1S/C32H31BrN4O5S/c1-23-11-17-30(18-12-23)43(40,41)37(28-10-6-9-27(33)19-28)21-31(38)36-34-20-25-13-15-29(16-14-25)42-22-32(39)35-24(2)26-7-4-3-5-8-26/h3-20,24H,21-22H2,1-2H3,(H,35,39)(H,36,38)/b34-20-/t24-/m1/s1. The molecule has 0 heterocycles. The Labute approximate surface area is 259 Å². The molecule has 0 saturated carbocycles. The molecule has 0 fully saturated rings. The van der Waals surface area contributed by atoms with Gasteiger partial charge in [-0.1, -0.05) is 70.0 Å².